The average molecular weight is 558 g/mol. The van der Waals surface area contributed by atoms with Crippen molar-refractivity contribution in [1.82, 2.24) is 20.0 Å². The van der Waals surface area contributed by atoms with Gasteiger partial charge in [-0.05, 0) is 106 Å². The van der Waals surface area contributed by atoms with Crippen LogP contribution in [0.2, 0.25) is 15.1 Å². The van der Waals surface area contributed by atoms with Crippen molar-refractivity contribution >= 4 is 34.8 Å². The molecule has 1 N–H and O–H groups in total. The third kappa shape index (κ3) is 5.21. The lowest BCUT2D eigenvalue weighted by Crippen LogP contribution is -2.55. The Bertz CT molecular complexity index is 1240. The minimum atomic E-state index is 0.574. The number of benzene rings is 2. The molecular weight excluding hydrogens is 523 g/mol. The molecule has 196 valence electrons. The van der Waals surface area contributed by atoms with Gasteiger partial charge >= 0.3 is 0 Å². The Kier molecular flexibility index (Phi) is 7.32. The molecule has 4 saturated carbocycles. The summed E-state index contributed by atoms with van der Waals surface area (Å²) in [5.74, 6) is 3.85. The summed E-state index contributed by atoms with van der Waals surface area (Å²) in [5.41, 5.74) is 5.09. The van der Waals surface area contributed by atoms with Crippen LogP contribution >= 0.6 is 34.8 Å². The molecular formula is C30H35Cl3N4. The highest BCUT2D eigenvalue weighted by Gasteiger charge is 2.47. The van der Waals surface area contributed by atoms with Crippen LogP contribution in [0.3, 0.4) is 0 Å². The van der Waals surface area contributed by atoms with E-state index in [1.807, 2.05) is 41.1 Å². The van der Waals surface area contributed by atoms with Gasteiger partial charge in [-0.15, -0.1) is 0 Å². The number of nitrogens with zero attached hydrogens (tertiary/aromatic N) is 3. The molecule has 0 spiro atoms. The van der Waals surface area contributed by atoms with E-state index in [9.17, 15) is 0 Å². The Morgan fingerprint density at radius 2 is 1.57 bits per heavy atom. The van der Waals surface area contributed by atoms with Crippen LogP contribution in [-0.2, 0) is 6.54 Å². The van der Waals surface area contributed by atoms with E-state index < -0.39 is 0 Å². The molecule has 4 nitrogen and oxygen atoms in total. The molecule has 37 heavy (non-hydrogen) atoms. The molecule has 0 saturated heterocycles. The first-order chi connectivity index (χ1) is 17.9. The molecule has 4 fully saturated rings. The average Bonchev–Trinajstić information content (AvgIpc) is 3.16. The second-order valence-electron chi connectivity index (χ2n) is 11.6. The van der Waals surface area contributed by atoms with Gasteiger partial charge < -0.3 is 5.32 Å². The zero-order valence-corrected chi connectivity index (χ0v) is 23.8. The van der Waals surface area contributed by atoms with Gasteiger partial charge in [0.2, 0.25) is 0 Å². The van der Waals surface area contributed by atoms with Gasteiger partial charge in [0.05, 0.1) is 22.1 Å². The number of likely N-dealkylation sites (N-methyl/N-ethyl adjacent to an activating group) is 1. The molecule has 1 heterocycles. The predicted molar refractivity (Wildman–Crippen MR) is 154 cm³/mol. The molecule has 0 radical (unpaired) electrons. The Labute approximate surface area is 235 Å². The molecule has 7 rings (SSSR count). The standard InChI is InChI=1S/C30H35Cl3N4/c1-18-27(17-36(2)10-9-34-29-22-12-19-11-20(14-22)15-23(29)13-19)35-37(28-8-7-25(32)16-26(28)33)30(18)21-3-5-24(31)6-4-21/h3-8,16,19-20,22-23,29,34H,9-15,17H2,1-2H3/t19-,20+,22-,23+,29?. The van der Waals surface area contributed by atoms with Crippen LogP contribution in [-0.4, -0.2) is 40.9 Å². The lowest BCUT2D eigenvalue weighted by Gasteiger charge is -2.54. The number of rotatable bonds is 8. The maximum Gasteiger partial charge on any atom is 0.0840 e. The van der Waals surface area contributed by atoms with Crippen LogP contribution < -0.4 is 5.32 Å². The molecule has 0 atom stereocenters. The van der Waals surface area contributed by atoms with Crippen LogP contribution in [0.5, 0.6) is 0 Å². The molecule has 4 aliphatic rings. The first-order valence-electron chi connectivity index (χ1n) is 13.6. The first-order valence-corrected chi connectivity index (χ1v) is 14.7. The van der Waals surface area contributed by atoms with Crippen molar-refractivity contribution in [2.45, 2.75) is 51.6 Å². The smallest absolute Gasteiger partial charge is 0.0840 e. The topological polar surface area (TPSA) is 33.1 Å². The van der Waals surface area contributed by atoms with Crippen LogP contribution in [0.1, 0.15) is 43.4 Å². The molecule has 1 aromatic heterocycles. The SMILES string of the molecule is Cc1c(CN(C)CCNC2[C@H]3C[C@@H]4C[C@@H](C[C@H]2C4)C3)nn(-c2ccc(Cl)cc2Cl)c1-c1ccc(Cl)cc1. The van der Waals surface area contributed by atoms with Crippen molar-refractivity contribution in [3.8, 4) is 16.9 Å². The van der Waals surface area contributed by atoms with Crippen molar-refractivity contribution < 1.29 is 0 Å². The Hall–Kier alpha value is -1.56. The predicted octanol–water partition coefficient (Wildman–Crippen LogP) is 7.65. The normalized spacial score (nSPS) is 26.4. The van der Waals surface area contributed by atoms with E-state index in [1.54, 1.807) is 6.07 Å². The van der Waals surface area contributed by atoms with Crippen LogP contribution in [0.15, 0.2) is 42.5 Å². The third-order valence-electron chi connectivity index (χ3n) is 9.00. The van der Waals surface area contributed by atoms with Crippen molar-refractivity contribution in [3.05, 3.63) is 68.8 Å². The van der Waals surface area contributed by atoms with Gasteiger partial charge in [0.1, 0.15) is 0 Å². The Morgan fingerprint density at radius 3 is 2.22 bits per heavy atom. The van der Waals surface area contributed by atoms with E-state index in [0.29, 0.717) is 15.1 Å². The van der Waals surface area contributed by atoms with Gasteiger partial charge in [-0.2, -0.15) is 5.10 Å². The second kappa shape index (κ2) is 10.5. The Morgan fingerprint density at radius 1 is 0.919 bits per heavy atom. The first kappa shape index (κ1) is 25.7. The summed E-state index contributed by atoms with van der Waals surface area (Å²) in [6.07, 6.45) is 7.33. The fourth-order valence-corrected chi connectivity index (χ4v) is 8.10. The third-order valence-corrected chi connectivity index (χ3v) is 9.79. The lowest BCUT2D eigenvalue weighted by molar-refractivity contribution is -0.0140. The summed E-state index contributed by atoms with van der Waals surface area (Å²) >= 11 is 19.0. The number of hydrogen-bond donors (Lipinski definition) is 1. The number of nitrogens with one attached hydrogen (secondary N) is 1. The summed E-state index contributed by atoms with van der Waals surface area (Å²) in [4.78, 5) is 2.37. The molecule has 7 heteroatoms. The molecule has 0 aliphatic heterocycles. The second-order valence-corrected chi connectivity index (χ2v) is 12.9. The van der Waals surface area contributed by atoms with E-state index in [2.05, 4.69) is 24.2 Å². The molecule has 4 bridgehead atoms. The number of hydrogen-bond acceptors (Lipinski definition) is 3. The minimum absolute atomic E-state index is 0.574. The fourth-order valence-electron chi connectivity index (χ4n) is 7.48. The number of aromatic nitrogens is 2. The van der Waals surface area contributed by atoms with Gasteiger partial charge in [-0.1, -0.05) is 46.9 Å². The van der Waals surface area contributed by atoms with Gasteiger partial charge in [-0.3, -0.25) is 4.90 Å². The van der Waals surface area contributed by atoms with E-state index in [-0.39, 0.29) is 0 Å². The van der Waals surface area contributed by atoms with E-state index in [4.69, 9.17) is 39.9 Å². The van der Waals surface area contributed by atoms with E-state index >= 15 is 0 Å². The maximum absolute atomic E-state index is 6.63. The van der Waals surface area contributed by atoms with Crippen molar-refractivity contribution in [2.24, 2.45) is 23.7 Å². The number of halogens is 3. The van der Waals surface area contributed by atoms with Crippen LogP contribution in [0, 0.1) is 30.6 Å². The summed E-state index contributed by atoms with van der Waals surface area (Å²) in [6.45, 7) is 4.94. The highest BCUT2D eigenvalue weighted by atomic mass is 35.5. The highest BCUT2D eigenvalue weighted by Crippen LogP contribution is 2.53. The van der Waals surface area contributed by atoms with Gasteiger partial charge in [-0.25, -0.2) is 4.68 Å². The summed E-state index contributed by atoms with van der Waals surface area (Å²) in [7, 11) is 2.19. The van der Waals surface area contributed by atoms with Gasteiger partial charge in [0.15, 0.2) is 0 Å². The highest BCUT2D eigenvalue weighted by molar-refractivity contribution is 6.35. The van der Waals surface area contributed by atoms with Crippen molar-refractivity contribution in [1.29, 1.82) is 0 Å². The van der Waals surface area contributed by atoms with Gasteiger partial charge in [0.25, 0.3) is 0 Å². The molecule has 3 aromatic rings. The quantitative estimate of drug-likeness (QED) is 0.309. The molecule has 4 aliphatic carbocycles. The summed E-state index contributed by atoms with van der Waals surface area (Å²) in [5, 5.41) is 10.9. The largest absolute Gasteiger partial charge is 0.312 e. The van der Waals surface area contributed by atoms with Crippen LogP contribution in [0.25, 0.3) is 16.9 Å². The van der Waals surface area contributed by atoms with Gasteiger partial charge in [0, 0.05) is 41.3 Å². The Balaban J connectivity index is 1.18. The summed E-state index contributed by atoms with van der Waals surface area (Å²) in [6, 6.07) is 14.2. The maximum atomic E-state index is 6.63. The summed E-state index contributed by atoms with van der Waals surface area (Å²) < 4.78 is 1.95. The monoisotopic (exact) mass is 556 g/mol. The lowest BCUT2D eigenvalue weighted by atomic mass is 9.54. The van der Waals surface area contributed by atoms with E-state index in [0.717, 1.165) is 77.5 Å². The van der Waals surface area contributed by atoms with Crippen LogP contribution in [0.4, 0.5) is 0 Å². The minimum Gasteiger partial charge on any atom is -0.312 e. The fraction of sp³-hybridized carbons (Fsp3) is 0.500. The zero-order valence-electron chi connectivity index (χ0n) is 21.6. The molecule has 0 amide bonds. The van der Waals surface area contributed by atoms with Crippen molar-refractivity contribution in [3.63, 3.8) is 0 Å². The van der Waals surface area contributed by atoms with E-state index in [1.165, 1.54) is 32.1 Å². The van der Waals surface area contributed by atoms with Crippen molar-refractivity contribution in [2.75, 3.05) is 20.1 Å². The zero-order chi connectivity index (χ0) is 25.7. The molecule has 2 aromatic carbocycles. The molecule has 0 unspecified atom stereocenters.